The van der Waals surface area contributed by atoms with Crippen molar-refractivity contribution in [1.82, 2.24) is 9.38 Å². The van der Waals surface area contributed by atoms with E-state index in [1.807, 2.05) is 24.3 Å². The van der Waals surface area contributed by atoms with Crippen molar-refractivity contribution in [2.45, 2.75) is 0 Å². The van der Waals surface area contributed by atoms with Gasteiger partial charge >= 0.3 is 0 Å². The number of benzene rings is 2. The van der Waals surface area contributed by atoms with Gasteiger partial charge in [-0.2, -0.15) is 0 Å². The molecule has 4 rings (SSSR count). The summed E-state index contributed by atoms with van der Waals surface area (Å²) in [5, 5.41) is 9.79. The lowest BCUT2D eigenvalue weighted by Crippen LogP contribution is -2.22. The molecule has 0 saturated carbocycles. The summed E-state index contributed by atoms with van der Waals surface area (Å²) in [6.45, 7) is 0. The van der Waals surface area contributed by atoms with Gasteiger partial charge in [-0.3, -0.25) is 4.79 Å². The summed E-state index contributed by atoms with van der Waals surface area (Å²) in [4.78, 5) is 17.9. The maximum Gasteiger partial charge on any atom is 0.274 e. The molecule has 0 saturated heterocycles. The topological polar surface area (TPSA) is 63.8 Å². The molecule has 120 valence electrons. The number of thiazole rings is 1. The Labute approximate surface area is 148 Å². The zero-order valence-corrected chi connectivity index (χ0v) is 14.9. The molecule has 7 heteroatoms. The molecule has 0 radical (unpaired) electrons. The van der Waals surface area contributed by atoms with E-state index < -0.39 is 0 Å². The van der Waals surface area contributed by atoms with E-state index in [1.54, 1.807) is 22.6 Å². The second-order valence-corrected chi connectivity index (χ2v) is 7.04. The van der Waals surface area contributed by atoms with Gasteiger partial charge in [-0.1, -0.05) is 39.4 Å². The van der Waals surface area contributed by atoms with Crippen LogP contribution in [0.3, 0.4) is 0 Å². The number of halogens is 1. The fourth-order valence-electron chi connectivity index (χ4n) is 2.59. The first-order chi connectivity index (χ1) is 11.6. The van der Waals surface area contributed by atoms with Crippen LogP contribution in [0.4, 0.5) is 0 Å². The van der Waals surface area contributed by atoms with E-state index >= 15 is 0 Å². The third-order valence-corrected chi connectivity index (χ3v) is 5.39. The first kappa shape index (κ1) is 15.2. The van der Waals surface area contributed by atoms with Crippen LogP contribution in [-0.2, 0) is 0 Å². The molecule has 0 unspecified atom stereocenters. The Bertz CT molecular complexity index is 1200. The Morgan fingerprint density at radius 1 is 1.33 bits per heavy atom. The molecule has 0 bridgehead atoms. The van der Waals surface area contributed by atoms with Crippen LogP contribution in [0, 0.1) is 0 Å². The fourth-order valence-corrected chi connectivity index (χ4v) is 4.01. The number of imidazole rings is 1. The lowest BCUT2D eigenvalue weighted by Gasteiger charge is -2.05. The molecule has 0 spiro atoms. The van der Waals surface area contributed by atoms with Gasteiger partial charge < -0.3 is 9.84 Å². The van der Waals surface area contributed by atoms with Crippen LogP contribution in [0.1, 0.15) is 5.56 Å². The van der Waals surface area contributed by atoms with Crippen LogP contribution >= 0.6 is 27.3 Å². The highest BCUT2D eigenvalue weighted by molar-refractivity contribution is 9.10. The molecule has 2 heterocycles. The van der Waals surface area contributed by atoms with Crippen molar-refractivity contribution in [2.24, 2.45) is 0 Å². The summed E-state index contributed by atoms with van der Waals surface area (Å²) in [6.07, 6.45) is 1.77. The highest BCUT2D eigenvalue weighted by Gasteiger charge is 2.12. The van der Waals surface area contributed by atoms with E-state index in [2.05, 4.69) is 20.9 Å². The van der Waals surface area contributed by atoms with Crippen molar-refractivity contribution in [2.75, 3.05) is 7.11 Å². The van der Waals surface area contributed by atoms with Crippen LogP contribution in [0.2, 0.25) is 0 Å². The van der Waals surface area contributed by atoms with Crippen molar-refractivity contribution >= 4 is 49.3 Å². The molecular weight excluding hydrogens is 392 g/mol. The molecule has 0 amide bonds. The smallest absolute Gasteiger partial charge is 0.274 e. The number of phenolic OH excluding ortho intramolecular Hbond substituents is 1. The molecule has 0 atom stereocenters. The minimum atomic E-state index is -0.109. The van der Waals surface area contributed by atoms with Crippen molar-refractivity contribution in [3.63, 3.8) is 0 Å². The zero-order chi connectivity index (χ0) is 16.8. The van der Waals surface area contributed by atoms with Gasteiger partial charge in [0.2, 0.25) is 0 Å². The zero-order valence-electron chi connectivity index (χ0n) is 12.5. The molecule has 24 heavy (non-hydrogen) atoms. The van der Waals surface area contributed by atoms with Gasteiger partial charge in [-0.05, 0) is 35.9 Å². The van der Waals surface area contributed by atoms with Gasteiger partial charge in [-0.15, -0.1) is 0 Å². The van der Waals surface area contributed by atoms with Crippen LogP contribution < -0.4 is 14.8 Å². The van der Waals surface area contributed by atoms with E-state index in [0.717, 1.165) is 16.6 Å². The molecule has 2 aromatic heterocycles. The normalized spacial score (nSPS) is 12.3. The van der Waals surface area contributed by atoms with E-state index in [0.29, 0.717) is 19.7 Å². The van der Waals surface area contributed by atoms with Gasteiger partial charge in [0.05, 0.1) is 22.7 Å². The minimum absolute atomic E-state index is 0.0378. The van der Waals surface area contributed by atoms with Crippen LogP contribution in [0.25, 0.3) is 22.1 Å². The lowest BCUT2D eigenvalue weighted by atomic mass is 10.2. The van der Waals surface area contributed by atoms with Crippen LogP contribution in [-0.4, -0.2) is 21.6 Å². The van der Waals surface area contributed by atoms with E-state index in [1.165, 1.54) is 18.4 Å². The van der Waals surface area contributed by atoms with E-state index in [4.69, 9.17) is 4.74 Å². The van der Waals surface area contributed by atoms with Gasteiger partial charge in [0.25, 0.3) is 5.56 Å². The molecule has 0 fully saturated rings. The SMILES string of the molecule is COc1cc(/C=c2\sc3nc4ccccc4n3c2=O)c(Br)cc1O. The fraction of sp³-hybridized carbons (Fsp3) is 0.0588. The molecular formula is C17H11BrN2O3S. The molecule has 4 aromatic rings. The summed E-state index contributed by atoms with van der Waals surface area (Å²) in [5.41, 5.74) is 2.24. The molecule has 5 nitrogen and oxygen atoms in total. The average molecular weight is 403 g/mol. The largest absolute Gasteiger partial charge is 0.504 e. The van der Waals surface area contributed by atoms with E-state index in [-0.39, 0.29) is 11.3 Å². The summed E-state index contributed by atoms with van der Waals surface area (Å²) >= 11 is 4.73. The summed E-state index contributed by atoms with van der Waals surface area (Å²) in [7, 11) is 1.48. The predicted octanol–water partition coefficient (Wildman–Crippen LogP) is 2.93. The second kappa shape index (κ2) is 5.61. The number of rotatable bonds is 2. The number of aromatic hydroxyl groups is 1. The van der Waals surface area contributed by atoms with Gasteiger partial charge in [0, 0.05) is 4.47 Å². The Morgan fingerprint density at radius 3 is 2.92 bits per heavy atom. The standard InChI is InChI=1S/C17H11BrN2O3S/c1-23-14-6-9(10(18)8-13(14)21)7-15-16(22)20-12-5-3-2-4-11(12)19-17(20)24-15/h2-8,21H,1H3/b15-7-. The number of hydrogen-bond donors (Lipinski definition) is 1. The van der Waals surface area contributed by atoms with Crippen molar-refractivity contribution in [3.05, 3.63) is 61.3 Å². The second-order valence-electron chi connectivity index (χ2n) is 5.18. The maximum absolute atomic E-state index is 12.7. The summed E-state index contributed by atoms with van der Waals surface area (Å²) in [6, 6.07) is 10.8. The number of aromatic nitrogens is 2. The lowest BCUT2D eigenvalue weighted by molar-refractivity contribution is 0.373. The molecule has 2 aromatic carbocycles. The Kier molecular flexibility index (Phi) is 3.54. The Morgan fingerprint density at radius 2 is 2.12 bits per heavy atom. The molecule has 0 aliphatic heterocycles. The number of nitrogens with zero attached hydrogens (tertiary/aromatic N) is 2. The quantitative estimate of drug-likeness (QED) is 0.559. The van der Waals surface area contributed by atoms with Crippen molar-refractivity contribution in [1.29, 1.82) is 0 Å². The van der Waals surface area contributed by atoms with E-state index in [9.17, 15) is 9.90 Å². The summed E-state index contributed by atoms with van der Waals surface area (Å²) < 4.78 is 7.99. The first-order valence-electron chi connectivity index (χ1n) is 7.06. The first-order valence-corrected chi connectivity index (χ1v) is 8.67. The highest BCUT2D eigenvalue weighted by atomic mass is 79.9. The number of para-hydroxylation sites is 2. The maximum atomic E-state index is 12.7. The monoisotopic (exact) mass is 402 g/mol. The molecule has 0 aliphatic carbocycles. The Hall–Kier alpha value is -2.38. The number of ether oxygens (including phenoxy) is 1. The Balaban J connectivity index is 1.99. The van der Waals surface area contributed by atoms with Crippen molar-refractivity contribution in [3.8, 4) is 11.5 Å². The highest BCUT2D eigenvalue weighted by Crippen LogP contribution is 2.32. The van der Waals surface area contributed by atoms with Crippen molar-refractivity contribution < 1.29 is 9.84 Å². The summed E-state index contributed by atoms with van der Waals surface area (Å²) in [5.74, 6) is 0.388. The van der Waals surface area contributed by atoms with Gasteiger partial charge in [0.15, 0.2) is 16.5 Å². The average Bonchev–Trinajstić information content (AvgIpc) is 3.07. The number of hydrogen-bond acceptors (Lipinski definition) is 5. The van der Waals surface area contributed by atoms with Gasteiger partial charge in [0.1, 0.15) is 0 Å². The van der Waals surface area contributed by atoms with Crippen LogP contribution in [0.15, 0.2) is 45.7 Å². The molecule has 0 aliphatic rings. The van der Waals surface area contributed by atoms with Gasteiger partial charge in [-0.25, -0.2) is 9.38 Å². The number of methoxy groups -OCH3 is 1. The predicted molar refractivity (Wildman–Crippen MR) is 98.0 cm³/mol. The third-order valence-electron chi connectivity index (χ3n) is 3.73. The molecule has 1 N–H and O–H groups in total. The third kappa shape index (κ3) is 2.28. The number of phenols is 1. The van der Waals surface area contributed by atoms with Crippen LogP contribution in [0.5, 0.6) is 11.5 Å². The number of fused-ring (bicyclic) bond motifs is 3. The minimum Gasteiger partial charge on any atom is -0.504 e.